The molecule has 96 valence electrons. The molecule has 0 aliphatic rings. The first kappa shape index (κ1) is 12.7. The summed E-state index contributed by atoms with van der Waals surface area (Å²) in [6.45, 7) is 1.40. The van der Waals surface area contributed by atoms with Crippen LogP contribution >= 0.6 is 0 Å². The standard InChI is InChI=1S/C13H13N5O/c1-9(19)15-12-8-7-11(13(14)16-12)18-17-10-5-3-2-4-6-10/h2-8H,1H3,(H3,14,15,16,19). The predicted octanol–water partition coefficient (Wildman–Crippen LogP) is 3.04. The van der Waals surface area contributed by atoms with E-state index in [0.29, 0.717) is 11.5 Å². The Morgan fingerprint density at radius 3 is 2.53 bits per heavy atom. The monoisotopic (exact) mass is 255 g/mol. The minimum absolute atomic E-state index is 0.203. The highest BCUT2D eigenvalue weighted by Gasteiger charge is 2.02. The van der Waals surface area contributed by atoms with Gasteiger partial charge in [-0.05, 0) is 24.3 Å². The van der Waals surface area contributed by atoms with Gasteiger partial charge in [0.2, 0.25) is 5.91 Å². The number of aromatic nitrogens is 1. The van der Waals surface area contributed by atoms with Crippen molar-refractivity contribution in [2.24, 2.45) is 10.2 Å². The number of hydrogen-bond donors (Lipinski definition) is 2. The quantitative estimate of drug-likeness (QED) is 0.825. The van der Waals surface area contributed by atoms with E-state index in [9.17, 15) is 4.79 Å². The Bertz CT molecular complexity index is 610. The number of hydrogen-bond acceptors (Lipinski definition) is 5. The lowest BCUT2D eigenvalue weighted by Crippen LogP contribution is -2.08. The molecular formula is C13H13N5O. The van der Waals surface area contributed by atoms with Crippen molar-refractivity contribution >= 4 is 28.9 Å². The Morgan fingerprint density at radius 2 is 1.89 bits per heavy atom. The van der Waals surface area contributed by atoms with Gasteiger partial charge in [0.1, 0.15) is 11.5 Å². The van der Waals surface area contributed by atoms with E-state index in [4.69, 9.17) is 5.73 Å². The molecule has 1 aromatic carbocycles. The number of carbonyl (C=O) groups excluding carboxylic acids is 1. The van der Waals surface area contributed by atoms with Crippen LogP contribution in [-0.2, 0) is 4.79 Å². The van der Waals surface area contributed by atoms with Crippen molar-refractivity contribution in [3.05, 3.63) is 42.5 Å². The first-order chi connectivity index (χ1) is 9.15. The Morgan fingerprint density at radius 1 is 1.16 bits per heavy atom. The molecule has 0 saturated carbocycles. The second kappa shape index (κ2) is 5.72. The van der Waals surface area contributed by atoms with Crippen LogP contribution in [-0.4, -0.2) is 10.9 Å². The molecule has 2 rings (SSSR count). The number of nitrogens with zero attached hydrogens (tertiary/aromatic N) is 3. The second-order valence-corrected chi connectivity index (χ2v) is 3.82. The molecule has 0 radical (unpaired) electrons. The second-order valence-electron chi connectivity index (χ2n) is 3.82. The molecule has 6 nitrogen and oxygen atoms in total. The van der Waals surface area contributed by atoms with Gasteiger partial charge in [0.25, 0.3) is 0 Å². The zero-order valence-corrected chi connectivity index (χ0v) is 10.4. The van der Waals surface area contributed by atoms with Crippen molar-refractivity contribution in [1.82, 2.24) is 4.98 Å². The molecule has 19 heavy (non-hydrogen) atoms. The summed E-state index contributed by atoms with van der Waals surface area (Å²) in [5.41, 5.74) is 6.93. The van der Waals surface area contributed by atoms with E-state index in [1.807, 2.05) is 30.3 Å². The molecule has 1 aromatic heterocycles. The first-order valence-corrected chi connectivity index (χ1v) is 5.66. The Balaban J connectivity index is 2.18. The number of amides is 1. The van der Waals surface area contributed by atoms with E-state index in [-0.39, 0.29) is 11.7 Å². The lowest BCUT2D eigenvalue weighted by molar-refractivity contribution is -0.114. The first-order valence-electron chi connectivity index (χ1n) is 5.66. The molecule has 0 saturated heterocycles. The topological polar surface area (TPSA) is 92.7 Å². The Labute approximate surface area is 110 Å². The molecule has 6 heteroatoms. The van der Waals surface area contributed by atoms with Gasteiger partial charge in [-0.2, -0.15) is 5.11 Å². The third kappa shape index (κ3) is 3.60. The van der Waals surface area contributed by atoms with Crippen LogP contribution in [0.2, 0.25) is 0 Å². The van der Waals surface area contributed by atoms with E-state index >= 15 is 0 Å². The van der Waals surface area contributed by atoms with Crippen molar-refractivity contribution in [3.63, 3.8) is 0 Å². The summed E-state index contributed by atoms with van der Waals surface area (Å²) in [5.74, 6) is 0.403. The zero-order valence-electron chi connectivity index (χ0n) is 10.4. The van der Waals surface area contributed by atoms with Crippen LogP contribution in [0.1, 0.15) is 6.92 Å². The minimum atomic E-state index is -0.203. The molecule has 0 spiro atoms. The number of rotatable bonds is 3. The SMILES string of the molecule is CC(=O)Nc1ccc(N=Nc2ccccc2)c(N)n1. The summed E-state index contributed by atoms with van der Waals surface area (Å²) in [4.78, 5) is 14.9. The minimum Gasteiger partial charge on any atom is -0.382 e. The van der Waals surface area contributed by atoms with Gasteiger partial charge >= 0.3 is 0 Å². The van der Waals surface area contributed by atoms with Crippen molar-refractivity contribution in [1.29, 1.82) is 0 Å². The molecule has 1 amide bonds. The van der Waals surface area contributed by atoms with Gasteiger partial charge in [0.05, 0.1) is 5.69 Å². The summed E-state index contributed by atoms with van der Waals surface area (Å²) >= 11 is 0. The molecule has 0 aliphatic carbocycles. The average molecular weight is 255 g/mol. The maximum absolute atomic E-state index is 10.9. The lowest BCUT2D eigenvalue weighted by atomic mass is 10.3. The van der Waals surface area contributed by atoms with Gasteiger partial charge < -0.3 is 11.1 Å². The van der Waals surface area contributed by atoms with Gasteiger partial charge in [-0.25, -0.2) is 4.98 Å². The maximum atomic E-state index is 10.9. The number of pyridine rings is 1. The van der Waals surface area contributed by atoms with Gasteiger partial charge in [-0.3, -0.25) is 4.79 Å². The number of nitrogens with one attached hydrogen (secondary N) is 1. The fourth-order valence-electron chi connectivity index (χ4n) is 1.41. The normalized spacial score (nSPS) is 10.6. The van der Waals surface area contributed by atoms with Crippen LogP contribution < -0.4 is 11.1 Å². The van der Waals surface area contributed by atoms with Crippen molar-refractivity contribution < 1.29 is 4.79 Å². The molecule has 1 heterocycles. The molecule has 0 bridgehead atoms. The van der Waals surface area contributed by atoms with E-state index in [2.05, 4.69) is 20.5 Å². The van der Waals surface area contributed by atoms with E-state index in [1.165, 1.54) is 6.92 Å². The average Bonchev–Trinajstić information content (AvgIpc) is 2.38. The fraction of sp³-hybridized carbons (Fsp3) is 0.0769. The number of benzene rings is 1. The summed E-state index contributed by atoms with van der Waals surface area (Å²) in [6, 6.07) is 12.6. The molecule has 0 fully saturated rings. The van der Waals surface area contributed by atoms with Crippen molar-refractivity contribution in [2.45, 2.75) is 6.92 Å². The Kier molecular flexibility index (Phi) is 3.82. The number of anilines is 2. The number of nitrogens with two attached hydrogens (primary N) is 1. The molecule has 2 aromatic rings. The van der Waals surface area contributed by atoms with Gasteiger partial charge in [0.15, 0.2) is 5.82 Å². The predicted molar refractivity (Wildman–Crippen MR) is 73.6 cm³/mol. The van der Waals surface area contributed by atoms with E-state index in [0.717, 1.165) is 5.69 Å². The van der Waals surface area contributed by atoms with Crippen LogP contribution in [0.25, 0.3) is 0 Å². The third-order valence-corrected chi connectivity index (χ3v) is 2.24. The van der Waals surface area contributed by atoms with Gasteiger partial charge in [-0.1, -0.05) is 18.2 Å². The highest BCUT2D eigenvalue weighted by atomic mass is 16.1. The summed E-state index contributed by atoms with van der Waals surface area (Å²) in [6.07, 6.45) is 0. The smallest absolute Gasteiger partial charge is 0.222 e. The number of carbonyl (C=O) groups is 1. The fourth-order valence-corrected chi connectivity index (χ4v) is 1.41. The summed E-state index contributed by atoms with van der Waals surface area (Å²) in [5, 5.41) is 10.6. The van der Waals surface area contributed by atoms with Crippen molar-refractivity contribution in [2.75, 3.05) is 11.1 Å². The largest absolute Gasteiger partial charge is 0.382 e. The molecule has 0 unspecified atom stereocenters. The number of azo groups is 1. The Hall–Kier alpha value is -2.76. The van der Waals surface area contributed by atoms with Crippen LogP contribution in [0.4, 0.5) is 23.0 Å². The third-order valence-electron chi connectivity index (χ3n) is 2.24. The summed E-state index contributed by atoms with van der Waals surface area (Å²) in [7, 11) is 0. The molecule has 0 aliphatic heterocycles. The van der Waals surface area contributed by atoms with Crippen LogP contribution in [0, 0.1) is 0 Å². The van der Waals surface area contributed by atoms with Crippen molar-refractivity contribution in [3.8, 4) is 0 Å². The van der Waals surface area contributed by atoms with Gasteiger partial charge in [-0.15, -0.1) is 5.11 Å². The van der Waals surface area contributed by atoms with E-state index in [1.54, 1.807) is 12.1 Å². The van der Waals surface area contributed by atoms with Crippen LogP contribution in [0.15, 0.2) is 52.7 Å². The van der Waals surface area contributed by atoms with Gasteiger partial charge in [0, 0.05) is 6.92 Å². The maximum Gasteiger partial charge on any atom is 0.222 e. The van der Waals surface area contributed by atoms with E-state index < -0.39 is 0 Å². The van der Waals surface area contributed by atoms with Crippen LogP contribution in [0.5, 0.6) is 0 Å². The highest BCUT2D eigenvalue weighted by Crippen LogP contribution is 2.24. The molecule has 3 N–H and O–H groups in total. The molecule has 0 atom stereocenters. The highest BCUT2D eigenvalue weighted by molar-refractivity contribution is 5.88. The molecular weight excluding hydrogens is 242 g/mol. The summed E-state index contributed by atoms with van der Waals surface area (Å²) < 4.78 is 0. The van der Waals surface area contributed by atoms with Crippen LogP contribution in [0.3, 0.4) is 0 Å². The zero-order chi connectivity index (χ0) is 13.7. The lowest BCUT2D eigenvalue weighted by Gasteiger charge is -2.03. The number of nitrogen functional groups attached to an aromatic ring is 1.